The Bertz CT molecular complexity index is 398. The molecule has 86 valence electrons. The summed E-state index contributed by atoms with van der Waals surface area (Å²) in [6, 6.07) is 6.16. The van der Waals surface area contributed by atoms with Crippen molar-refractivity contribution in [2.24, 2.45) is 0 Å². The Morgan fingerprint density at radius 1 is 1.06 bits per heavy atom. The third kappa shape index (κ3) is 1.37. The number of nitrogens with zero attached hydrogens (tertiary/aromatic N) is 2. The maximum Gasteiger partial charge on any atom is 0.161 e. The van der Waals surface area contributed by atoms with E-state index in [1.54, 1.807) is 14.2 Å². The van der Waals surface area contributed by atoms with E-state index in [1.165, 1.54) is 25.1 Å². The summed E-state index contributed by atoms with van der Waals surface area (Å²) in [4.78, 5) is 0. The van der Waals surface area contributed by atoms with Gasteiger partial charge in [-0.1, -0.05) is 6.07 Å². The van der Waals surface area contributed by atoms with Crippen LogP contribution in [0.3, 0.4) is 0 Å². The van der Waals surface area contributed by atoms with E-state index in [1.807, 2.05) is 6.07 Å². The van der Waals surface area contributed by atoms with Crippen molar-refractivity contribution in [1.29, 1.82) is 0 Å². The van der Waals surface area contributed by atoms with Gasteiger partial charge in [-0.2, -0.15) is 0 Å². The van der Waals surface area contributed by atoms with Gasteiger partial charge in [0.1, 0.15) is 6.17 Å². The SMILES string of the molecule is COc1ccc(C2N3CCCN23)cc1OC. The van der Waals surface area contributed by atoms with Crippen molar-refractivity contribution >= 4 is 0 Å². The Morgan fingerprint density at radius 3 is 2.38 bits per heavy atom. The van der Waals surface area contributed by atoms with Gasteiger partial charge in [-0.3, -0.25) is 0 Å². The highest BCUT2D eigenvalue weighted by Crippen LogP contribution is 2.46. The molecule has 0 aliphatic carbocycles. The number of hydrogen-bond donors (Lipinski definition) is 0. The van der Waals surface area contributed by atoms with Gasteiger partial charge in [-0.15, -0.1) is 0 Å². The fraction of sp³-hybridized carbons (Fsp3) is 0.500. The lowest BCUT2D eigenvalue weighted by atomic mass is 10.1. The fourth-order valence-electron chi connectivity index (χ4n) is 2.50. The Morgan fingerprint density at radius 2 is 1.75 bits per heavy atom. The first-order valence-corrected chi connectivity index (χ1v) is 5.60. The summed E-state index contributed by atoms with van der Waals surface area (Å²) in [5.41, 5.74) is 1.29. The van der Waals surface area contributed by atoms with Crippen molar-refractivity contribution in [2.75, 3.05) is 27.3 Å². The van der Waals surface area contributed by atoms with Gasteiger partial charge in [0.15, 0.2) is 11.5 Å². The second kappa shape index (κ2) is 3.64. The molecule has 0 saturated carbocycles. The van der Waals surface area contributed by atoms with Crippen molar-refractivity contribution < 1.29 is 9.47 Å². The van der Waals surface area contributed by atoms with Gasteiger partial charge in [0.2, 0.25) is 0 Å². The summed E-state index contributed by atoms with van der Waals surface area (Å²) in [7, 11) is 3.34. The Kier molecular flexibility index (Phi) is 2.26. The number of fused-ring (bicyclic) bond motifs is 1. The molecule has 2 unspecified atom stereocenters. The van der Waals surface area contributed by atoms with E-state index >= 15 is 0 Å². The molecule has 0 N–H and O–H groups in total. The number of hydrazine groups is 1. The zero-order chi connectivity index (χ0) is 11.1. The standard InChI is InChI=1S/C12H16N2O2/c1-15-10-5-4-9(8-11(10)16-2)12-13-6-3-7-14(12)13/h4-5,8,12H,3,6-7H2,1-2H3. The quantitative estimate of drug-likeness (QED) is 0.723. The van der Waals surface area contributed by atoms with Gasteiger partial charge in [-0.05, 0) is 24.1 Å². The Labute approximate surface area is 95.3 Å². The van der Waals surface area contributed by atoms with Gasteiger partial charge >= 0.3 is 0 Å². The third-order valence-corrected chi connectivity index (χ3v) is 3.32. The second-order valence-corrected chi connectivity index (χ2v) is 4.17. The summed E-state index contributed by atoms with van der Waals surface area (Å²) in [5.74, 6) is 1.61. The molecular formula is C12H16N2O2. The molecule has 16 heavy (non-hydrogen) atoms. The van der Waals surface area contributed by atoms with Crippen LogP contribution in [0.25, 0.3) is 0 Å². The largest absolute Gasteiger partial charge is 0.493 e. The number of ether oxygens (including phenoxy) is 2. The maximum absolute atomic E-state index is 5.31. The fourth-order valence-corrected chi connectivity index (χ4v) is 2.50. The lowest BCUT2D eigenvalue weighted by Crippen LogP contribution is -2.00. The van der Waals surface area contributed by atoms with Gasteiger partial charge in [-0.25, -0.2) is 10.0 Å². The predicted molar refractivity (Wildman–Crippen MR) is 60.3 cm³/mol. The van der Waals surface area contributed by atoms with Crippen LogP contribution >= 0.6 is 0 Å². The van der Waals surface area contributed by atoms with Crippen LogP contribution in [0.15, 0.2) is 18.2 Å². The Balaban J connectivity index is 1.86. The highest BCUT2D eigenvalue weighted by Gasteiger charge is 2.49. The van der Waals surface area contributed by atoms with Crippen molar-refractivity contribution in [3.05, 3.63) is 23.8 Å². The monoisotopic (exact) mass is 220 g/mol. The Hall–Kier alpha value is -1.26. The van der Waals surface area contributed by atoms with E-state index in [2.05, 4.69) is 22.2 Å². The van der Waals surface area contributed by atoms with Gasteiger partial charge in [0, 0.05) is 13.1 Å². The summed E-state index contributed by atoms with van der Waals surface area (Å²) in [6.07, 6.45) is 1.75. The van der Waals surface area contributed by atoms with Crippen molar-refractivity contribution in [2.45, 2.75) is 12.6 Å². The molecule has 1 aromatic rings. The first-order valence-electron chi connectivity index (χ1n) is 5.60. The van der Waals surface area contributed by atoms with E-state index in [9.17, 15) is 0 Å². The van der Waals surface area contributed by atoms with Crippen molar-refractivity contribution in [3.8, 4) is 11.5 Å². The van der Waals surface area contributed by atoms with Gasteiger partial charge < -0.3 is 9.47 Å². The van der Waals surface area contributed by atoms with E-state index in [4.69, 9.17) is 9.47 Å². The normalized spacial score (nSPS) is 31.0. The zero-order valence-corrected chi connectivity index (χ0v) is 9.64. The lowest BCUT2D eigenvalue weighted by molar-refractivity contribution is 0.354. The van der Waals surface area contributed by atoms with Crippen LogP contribution in [-0.2, 0) is 0 Å². The maximum atomic E-state index is 5.31. The molecule has 0 amide bonds. The molecule has 2 atom stereocenters. The smallest absolute Gasteiger partial charge is 0.161 e. The second-order valence-electron chi connectivity index (χ2n) is 4.17. The summed E-state index contributed by atoms with van der Waals surface area (Å²) < 4.78 is 10.5. The minimum absolute atomic E-state index is 0.466. The average Bonchev–Trinajstić information content (AvgIpc) is 2.81. The van der Waals surface area contributed by atoms with Crippen molar-refractivity contribution in [3.63, 3.8) is 0 Å². The minimum atomic E-state index is 0.466. The van der Waals surface area contributed by atoms with E-state index in [0.29, 0.717) is 6.17 Å². The van der Waals surface area contributed by atoms with Crippen LogP contribution in [0.1, 0.15) is 18.2 Å². The minimum Gasteiger partial charge on any atom is -0.493 e. The van der Waals surface area contributed by atoms with Crippen molar-refractivity contribution in [1.82, 2.24) is 10.0 Å². The molecule has 0 bridgehead atoms. The summed E-state index contributed by atoms with van der Waals surface area (Å²) >= 11 is 0. The molecule has 2 heterocycles. The molecule has 0 radical (unpaired) electrons. The van der Waals surface area contributed by atoms with E-state index in [0.717, 1.165) is 11.5 Å². The molecule has 4 heteroatoms. The summed E-state index contributed by atoms with van der Waals surface area (Å²) in [6.45, 7) is 2.36. The number of methoxy groups -OCH3 is 2. The first-order chi connectivity index (χ1) is 7.85. The lowest BCUT2D eigenvalue weighted by Gasteiger charge is -2.09. The van der Waals surface area contributed by atoms with Gasteiger partial charge in [0.05, 0.1) is 14.2 Å². The molecule has 1 aromatic carbocycles. The van der Waals surface area contributed by atoms with Crippen LogP contribution in [0.5, 0.6) is 11.5 Å². The molecule has 4 nitrogen and oxygen atoms in total. The molecule has 3 rings (SSSR count). The van der Waals surface area contributed by atoms with Gasteiger partial charge in [0.25, 0.3) is 0 Å². The molecule has 0 spiro atoms. The van der Waals surface area contributed by atoms with Crippen LogP contribution in [0.2, 0.25) is 0 Å². The third-order valence-electron chi connectivity index (χ3n) is 3.32. The average molecular weight is 220 g/mol. The molecule has 2 saturated heterocycles. The topological polar surface area (TPSA) is 24.5 Å². The van der Waals surface area contributed by atoms with Crippen LogP contribution in [-0.4, -0.2) is 37.3 Å². The molecule has 2 aliphatic heterocycles. The molecule has 0 aromatic heterocycles. The highest BCUT2D eigenvalue weighted by molar-refractivity contribution is 5.44. The highest BCUT2D eigenvalue weighted by atomic mass is 16.5. The number of rotatable bonds is 3. The van der Waals surface area contributed by atoms with E-state index < -0.39 is 0 Å². The van der Waals surface area contributed by atoms with Crippen LogP contribution in [0.4, 0.5) is 0 Å². The van der Waals surface area contributed by atoms with Crippen LogP contribution < -0.4 is 9.47 Å². The predicted octanol–water partition coefficient (Wildman–Crippen LogP) is 1.64. The number of benzene rings is 1. The zero-order valence-electron chi connectivity index (χ0n) is 9.64. The number of hydrogen-bond acceptors (Lipinski definition) is 4. The molecule has 2 fully saturated rings. The van der Waals surface area contributed by atoms with Crippen LogP contribution in [0, 0.1) is 0 Å². The first kappa shape index (κ1) is 9.93. The molecular weight excluding hydrogens is 204 g/mol. The van der Waals surface area contributed by atoms with E-state index in [-0.39, 0.29) is 0 Å². The molecule has 2 aliphatic rings. The summed E-state index contributed by atoms with van der Waals surface area (Å²) in [5, 5.41) is 4.78.